The second-order valence-corrected chi connectivity index (χ2v) is 5.28. The fraction of sp³-hybridized carbons (Fsp3) is 0.562. The zero-order valence-electron chi connectivity index (χ0n) is 11.5. The van der Waals surface area contributed by atoms with E-state index in [2.05, 4.69) is 26.0 Å². The van der Waals surface area contributed by atoms with E-state index in [9.17, 15) is 4.79 Å². The van der Waals surface area contributed by atoms with Gasteiger partial charge in [-0.15, -0.1) is 0 Å². The molecule has 1 aromatic carbocycles. The Morgan fingerprint density at radius 2 is 1.78 bits per heavy atom. The monoisotopic (exact) mass is 245 g/mol. The summed E-state index contributed by atoms with van der Waals surface area (Å²) in [7, 11) is 0. The predicted octanol–water partition coefficient (Wildman–Crippen LogP) is 3.83. The van der Waals surface area contributed by atoms with Crippen LogP contribution in [0.5, 0.6) is 0 Å². The Bertz CT molecular complexity index is 390. The van der Waals surface area contributed by atoms with Gasteiger partial charge in [-0.2, -0.15) is 0 Å². The lowest BCUT2D eigenvalue weighted by Crippen LogP contribution is -2.35. The van der Waals surface area contributed by atoms with Crippen LogP contribution in [0, 0.1) is 0 Å². The maximum atomic E-state index is 12.3. The Kier molecular flexibility index (Phi) is 4.40. The highest BCUT2D eigenvalue weighted by atomic mass is 16.2. The first kappa shape index (κ1) is 13.1. The zero-order chi connectivity index (χ0) is 13.0. The van der Waals surface area contributed by atoms with Crippen molar-refractivity contribution in [2.24, 2.45) is 0 Å². The third-order valence-corrected chi connectivity index (χ3v) is 3.98. The van der Waals surface area contributed by atoms with Gasteiger partial charge in [-0.1, -0.05) is 26.0 Å². The average molecular weight is 245 g/mol. The maximum Gasteiger partial charge on any atom is 0.253 e. The molecule has 98 valence electrons. The van der Waals surface area contributed by atoms with E-state index in [1.165, 1.54) is 12.0 Å². The number of nitrogens with zero attached hydrogens (tertiary/aromatic N) is 1. The van der Waals surface area contributed by atoms with Crippen LogP contribution >= 0.6 is 0 Å². The minimum Gasteiger partial charge on any atom is -0.339 e. The second-order valence-electron chi connectivity index (χ2n) is 5.28. The summed E-state index contributed by atoms with van der Waals surface area (Å²) in [4.78, 5) is 14.3. The van der Waals surface area contributed by atoms with Gasteiger partial charge in [-0.3, -0.25) is 4.79 Å². The number of amides is 1. The summed E-state index contributed by atoms with van der Waals surface area (Å²) in [6.45, 7) is 6.26. The molecule has 1 amide bonds. The van der Waals surface area contributed by atoms with Crippen LogP contribution in [0.3, 0.4) is 0 Å². The summed E-state index contributed by atoms with van der Waals surface area (Å²) < 4.78 is 0. The topological polar surface area (TPSA) is 20.3 Å². The molecule has 0 radical (unpaired) electrons. The van der Waals surface area contributed by atoms with Gasteiger partial charge in [0.15, 0.2) is 0 Å². The first-order chi connectivity index (χ1) is 8.72. The van der Waals surface area contributed by atoms with Crippen molar-refractivity contribution in [3.63, 3.8) is 0 Å². The predicted molar refractivity (Wildman–Crippen MR) is 74.9 cm³/mol. The van der Waals surface area contributed by atoms with E-state index < -0.39 is 0 Å². The largest absolute Gasteiger partial charge is 0.339 e. The molecule has 1 fully saturated rings. The van der Waals surface area contributed by atoms with E-state index in [1.807, 2.05) is 17.0 Å². The Labute approximate surface area is 110 Å². The SMILES string of the molecule is CCC(C)c1ccc(C(=O)N2CCCCC2)cc1. The first-order valence-corrected chi connectivity index (χ1v) is 7.11. The van der Waals surface area contributed by atoms with Crippen molar-refractivity contribution in [3.8, 4) is 0 Å². The van der Waals surface area contributed by atoms with Crippen molar-refractivity contribution < 1.29 is 4.79 Å². The van der Waals surface area contributed by atoms with Crippen molar-refractivity contribution in [2.75, 3.05) is 13.1 Å². The molecule has 1 aliphatic rings. The Hall–Kier alpha value is -1.31. The Morgan fingerprint density at radius 3 is 2.33 bits per heavy atom. The Balaban J connectivity index is 2.06. The highest BCUT2D eigenvalue weighted by Gasteiger charge is 2.18. The maximum absolute atomic E-state index is 12.3. The third-order valence-electron chi connectivity index (χ3n) is 3.98. The Morgan fingerprint density at radius 1 is 1.17 bits per heavy atom. The number of hydrogen-bond acceptors (Lipinski definition) is 1. The van der Waals surface area contributed by atoms with Gasteiger partial charge in [0.2, 0.25) is 0 Å². The molecule has 1 atom stereocenters. The van der Waals surface area contributed by atoms with Gasteiger partial charge in [0.05, 0.1) is 0 Å². The lowest BCUT2D eigenvalue weighted by molar-refractivity contribution is 0.0724. The standard InChI is InChI=1S/C16H23NO/c1-3-13(2)14-7-9-15(10-8-14)16(18)17-11-5-4-6-12-17/h7-10,13H,3-6,11-12H2,1-2H3. The minimum absolute atomic E-state index is 0.199. The molecule has 18 heavy (non-hydrogen) atoms. The van der Waals surface area contributed by atoms with Gasteiger partial charge in [0, 0.05) is 18.7 Å². The molecule has 2 heteroatoms. The molecule has 1 aliphatic heterocycles. The van der Waals surface area contributed by atoms with Gasteiger partial charge in [-0.25, -0.2) is 0 Å². The molecule has 0 aromatic heterocycles. The lowest BCUT2D eigenvalue weighted by Gasteiger charge is -2.26. The summed E-state index contributed by atoms with van der Waals surface area (Å²) in [5.74, 6) is 0.773. The molecule has 2 nitrogen and oxygen atoms in total. The summed E-state index contributed by atoms with van der Waals surface area (Å²) in [5, 5.41) is 0. The van der Waals surface area contributed by atoms with Crippen LogP contribution in [0.25, 0.3) is 0 Å². The molecule has 1 heterocycles. The average Bonchev–Trinajstić information content (AvgIpc) is 2.47. The molecule has 0 bridgehead atoms. The molecule has 0 saturated carbocycles. The van der Waals surface area contributed by atoms with Crippen molar-refractivity contribution in [1.29, 1.82) is 0 Å². The minimum atomic E-state index is 0.199. The van der Waals surface area contributed by atoms with Crippen LogP contribution in [-0.4, -0.2) is 23.9 Å². The van der Waals surface area contributed by atoms with E-state index in [0.29, 0.717) is 5.92 Å². The smallest absolute Gasteiger partial charge is 0.253 e. The van der Waals surface area contributed by atoms with Crippen molar-refractivity contribution in [3.05, 3.63) is 35.4 Å². The first-order valence-electron chi connectivity index (χ1n) is 7.11. The summed E-state index contributed by atoms with van der Waals surface area (Å²) in [6.07, 6.45) is 4.70. The summed E-state index contributed by atoms with van der Waals surface area (Å²) in [6, 6.07) is 8.17. The van der Waals surface area contributed by atoms with Crippen molar-refractivity contribution in [2.45, 2.75) is 45.4 Å². The molecular weight excluding hydrogens is 222 g/mol. The number of hydrogen-bond donors (Lipinski definition) is 0. The zero-order valence-corrected chi connectivity index (χ0v) is 11.5. The number of rotatable bonds is 3. The number of carbonyl (C=O) groups excluding carboxylic acids is 1. The van der Waals surface area contributed by atoms with E-state index >= 15 is 0 Å². The highest BCUT2D eigenvalue weighted by molar-refractivity contribution is 5.94. The van der Waals surface area contributed by atoms with Gasteiger partial charge < -0.3 is 4.90 Å². The fourth-order valence-corrected chi connectivity index (χ4v) is 2.47. The van der Waals surface area contributed by atoms with Crippen LogP contribution in [0.1, 0.15) is 61.4 Å². The van der Waals surface area contributed by atoms with Gasteiger partial charge in [0.1, 0.15) is 0 Å². The second kappa shape index (κ2) is 6.03. The van der Waals surface area contributed by atoms with E-state index in [1.54, 1.807) is 0 Å². The molecular formula is C16H23NO. The summed E-state index contributed by atoms with van der Waals surface area (Å²) >= 11 is 0. The van der Waals surface area contributed by atoms with Gasteiger partial charge >= 0.3 is 0 Å². The quantitative estimate of drug-likeness (QED) is 0.792. The molecule has 0 aliphatic carbocycles. The molecule has 0 N–H and O–H groups in total. The van der Waals surface area contributed by atoms with Crippen LogP contribution in [-0.2, 0) is 0 Å². The normalized spacial score (nSPS) is 17.6. The van der Waals surface area contributed by atoms with Crippen LogP contribution in [0.15, 0.2) is 24.3 Å². The van der Waals surface area contributed by atoms with E-state index in [0.717, 1.165) is 37.9 Å². The highest BCUT2D eigenvalue weighted by Crippen LogP contribution is 2.20. The lowest BCUT2D eigenvalue weighted by atomic mass is 9.97. The van der Waals surface area contributed by atoms with Gasteiger partial charge in [-0.05, 0) is 49.3 Å². The molecule has 0 spiro atoms. The molecule has 1 unspecified atom stereocenters. The van der Waals surface area contributed by atoms with Crippen LogP contribution in [0.2, 0.25) is 0 Å². The van der Waals surface area contributed by atoms with Crippen molar-refractivity contribution >= 4 is 5.91 Å². The molecule has 2 rings (SSSR count). The molecule has 1 saturated heterocycles. The van der Waals surface area contributed by atoms with E-state index in [-0.39, 0.29) is 5.91 Å². The number of carbonyl (C=O) groups is 1. The van der Waals surface area contributed by atoms with Crippen molar-refractivity contribution in [1.82, 2.24) is 4.90 Å². The van der Waals surface area contributed by atoms with E-state index in [4.69, 9.17) is 0 Å². The number of benzene rings is 1. The number of likely N-dealkylation sites (tertiary alicyclic amines) is 1. The van der Waals surface area contributed by atoms with Gasteiger partial charge in [0.25, 0.3) is 5.91 Å². The third kappa shape index (κ3) is 2.92. The molecule has 1 aromatic rings. The van der Waals surface area contributed by atoms with Crippen LogP contribution in [0.4, 0.5) is 0 Å². The fourth-order valence-electron chi connectivity index (χ4n) is 2.47. The summed E-state index contributed by atoms with van der Waals surface area (Å²) in [5.41, 5.74) is 2.16. The van der Waals surface area contributed by atoms with Crippen LogP contribution < -0.4 is 0 Å². The number of piperidine rings is 1.